The van der Waals surface area contributed by atoms with Crippen LogP contribution >= 0.6 is 23.2 Å². The number of aryl methyl sites for hydroxylation is 1. The van der Waals surface area contributed by atoms with Crippen molar-refractivity contribution >= 4 is 34.9 Å². The van der Waals surface area contributed by atoms with E-state index in [1.54, 1.807) is 24.3 Å². The Balaban J connectivity index is 2.00. The van der Waals surface area contributed by atoms with Gasteiger partial charge in [0.15, 0.2) is 0 Å². The fraction of sp³-hybridized carbons (Fsp3) is 0.0526. The maximum atomic E-state index is 9.49. The zero-order valence-corrected chi connectivity index (χ0v) is 14.4. The second-order valence-corrected chi connectivity index (χ2v) is 6.15. The van der Waals surface area contributed by atoms with Crippen LogP contribution in [0.3, 0.4) is 0 Å². The Morgan fingerprint density at radius 3 is 2.42 bits per heavy atom. The highest BCUT2D eigenvalue weighted by Gasteiger charge is 2.10. The molecule has 1 aromatic heterocycles. The number of halogens is 2. The second kappa shape index (κ2) is 6.92. The van der Waals surface area contributed by atoms with E-state index in [-0.39, 0.29) is 0 Å². The van der Waals surface area contributed by atoms with Crippen molar-refractivity contribution in [3.63, 3.8) is 0 Å². The molecular weight excluding hydrogens is 341 g/mol. The summed E-state index contributed by atoms with van der Waals surface area (Å²) in [7, 11) is 0. The number of aromatic nitrogens is 2. The Bertz CT molecular complexity index is 927. The van der Waals surface area contributed by atoms with Gasteiger partial charge in [0.05, 0.1) is 17.0 Å². The maximum Gasteiger partial charge on any atom is 0.101 e. The molecule has 5 heteroatoms. The van der Waals surface area contributed by atoms with Gasteiger partial charge in [0.2, 0.25) is 0 Å². The molecule has 0 spiro atoms. The highest BCUT2D eigenvalue weighted by Crippen LogP contribution is 2.29. The molecule has 0 fully saturated rings. The summed E-state index contributed by atoms with van der Waals surface area (Å²) >= 11 is 12.3. The standard InChI is InChI=1S/C19H13Cl2N3/c1-12-5-7-13(8-6-12)18-10-19(24-23-18)14(11-22)9-15-16(20)3-2-4-17(15)21/h2-10H,1H3,(H,23,24)/b14-9+. The number of hydrogen-bond acceptors (Lipinski definition) is 2. The molecule has 1 heterocycles. The lowest BCUT2D eigenvalue weighted by Crippen LogP contribution is -1.84. The van der Waals surface area contributed by atoms with E-state index in [0.29, 0.717) is 26.9 Å². The lowest BCUT2D eigenvalue weighted by atomic mass is 10.1. The molecule has 0 atom stereocenters. The Hall–Kier alpha value is -2.54. The quantitative estimate of drug-likeness (QED) is 0.608. The molecule has 0 radical (unpaired) electrons. The highest BCUT2D eigenvalue weighted by atomic mass is 35.5. The topological polar surface area (TPSA) is 52.5 Å². The van der Waals surface area contributed by atoms with E-state index in [0.717, 1.165) is 11.3 Å². The number of nitriles is 1. The van der Waals surface area contributed by atoms with Crippen LogP contribution in [-0.4, -0.2) is 10.2 Å². The smallest absolute Gasteiger partial charge is 0.101 e. The predicted molar refractivity (Wildman–Crippen MR) is 98.7 cm³/mol. The van der Waals surface area contributed by atoms with E-state index in [2.05, 4.69) is 16.3 Å². The average Bonchev–Trinajstić information content (AvgIpc) is 3.05. The molecule has 0 amide bonds. The molecule has 0 aliphatic rings. The van der Waals surface area contributed by atoms with Gasteiger partial charge in [0.25, 0.3) is 0 Å². The molecule has 2 aromatic carbocycles. The number of nitrogens with zero attached hydrogens (tertiary/aromatic N) is 2. The average molecular weight is 354 g/mol. The Kier molecular flexibility index (Phi) is 4.71. The van der Waals surface area contributed by atoms with E-state index in [1.807, 2.05) is 37.3 Å². The van der Waals surface area contributed by atoms with Crippen LogP contribution in [0.1, 0.15) is 16.8 Å². The van der Waals surface area contributed by atoms with Crippen molar-refractivity contribution in [3.8, 4) is 17.3 Å². The number of aromatic amines is 1. The second-order valence-electron chi connectivity index (χ2n) is 5.34. The van der Waals surface area contributed by atoms with Crippen molar-refractivity contribution in [3.05, 3.63) is 75.4 Å². The Morgan fingerprint density at radius 2 is 1.79 bits per heavy atom. The van der Waals surface area contributed by atoms with Crippen LogP contribution in [0.25, 0.3) is 22.9 Å². The van der Waals surface area contributed by atoms with Gasteiger partial charge in [0, 0.05) is 21.2 Å². The van der Waals surface area contributed by atoms with Gasteiger partial charge < -0.3 is 0 Å². The minimum Gasteiger partial charge on any atom is -0.276 e. The summed E-state index contributed by atoms with van der Waals surface area (Å²) in [6, 6.07) is 17.3. The molecule has 3 aromatic rings. The van der Waals surface area contributed by atoms with Crippen LogP contribution in [0, 0.1) is 18.3 Å². The molecule has 1 N–H and O–H groups in total. The minimum atomic E-state index is 0.413. The van der Waals surface area contributed by atoms with Crippen LogP contribution in [0.4, 0.5) is 0 Å². The Morgan fingerprint density at radius 1 is 1.12 bits per heavy atom. The van der Waals surface area contributed by atoms with Crippen molar-refractivity contribution in [1.29, 1.82) is 5.26 Å². The number of rotatable bonds is 3. The summed E-state index contributed by atoms with van der Waals surface area (Å²) in [5, 5.41) is 17.7. The van der Waals surface area contributed by atoms with E-state index < -0.39 is 0 Å². The molecule has 0 unspecified atom stereocenters. The molecular formula is C19H13Cl2N3. The fourth-order valence-corrected chi connectivity index (χ4v) is 2.80. The van der Waals surface area contributed by atoms with Crippen molar-refractivity contribution < 1.29 is 0 Å². The molecule has 3 nitrogen and oxygen atoms in total. The summed E-state index contributed by atoms with van der Waals surface area (Å²) < 4.78 is 0. The van der Waals surface area contributed by atoms with Gasteiger partial charge >= 0.3 is 0 Å². The number of hydrogen-bond donors (Lipinski definition) is 1. The van der Waals surface area contributed by atoms with Crippen LogP contribution in [-0.2, 0) is 0 Å². The van der Waals surface area contributed by atoms with Gasteiger partial charge in [-0.1, -0.05) is 59.1 Å². The van der Waals surface area contributed by atoms with Crippen LogP contribution in [0.15, 0.2) is 48.5 Å². The maximum absolute atomic E-state index is 9.49. The highest BCUT2D eigenvalue weighted by molar-refractivity contribution is 6.37. The number of nitrogens with one attached hydrogen (secondary N) is 1. The summed E-state index contributed by atoms with van der Waals surface area (Å²) in [6.45, 7) is 2.03. The van der Waals surface area contributed by atoms with Gasteiger partial charge in [-0.25, -0.2) is 0 Å². The lowest BCUT2D eigenvalue weighted by molar-refractivity contribution is 1.08. The zero-order valence-electron chi connectivity index (χ0n) is 12.8. The first-order valence-electron chi connectivity index (χ1n) is 7.27. The normalized spacial score (nSPS) is 11.3. The van der Waals surface area contributed by atoms with Crippen molar-refractivity contribution in [2.45, 2.75) is 6.92 Å². The molecule has 0 saturated heterocycles. The Labute approximate surface area is 150 Å². The lowest BCUT2D eigenvalue weighted by Gasteiger charge is -2.02. The first kappa shape index (κ1) is 16.3. The van der Waals surface area contributed by atoms with E-state index >= 15 is 0 Å². The number of benzene rings is 2. The van der Waals surface area contributed by atoms with Gasteiger partial charge in [-0.05, 0) is 31.2 Å². The molecule has 3 rings (SSSR count). The van der Waals surface area contributed by atoms with Crippen LogP contribution in [0.5, 0.6) is 0 Å². The van der Waals surface area contributed by atoms with Gasteiger partial charge in [-0.15, -0.1) is 0 Å². The van der Waals surface area contributed by atoms with Gasteiger partial charge in [-0.2, -0.15) is 10.4 Å². The third-order valence-corrected chi connectivity index (χ3v) is 4.28. The third kappa shape index (κ3) is 3.35. The summed E-state index contributed by atoms with van der Waals surface area (Å²) in [6.07, 6.45) is 1.66. The first-order valence-corrected chi connectivity index (χ1v) is 8.02. The van der Waals surface area contributed by atoms with Crippen LogP contribution < -0.4 is 0 Å². The van der Waals surface area contributed by atoms with Gasteiger partial charge in [0.1, 0.15) is 6.07 Å². The van der Waals surface area contributed by atoms with Crippen molar-refractivity contribution in [2.75, 3.05) is 0 Å². The van der Waals surface area contributed by atoms with E-state index in [4.69, 9.17) is 23.2 Å². The SMILES string of the molecule is Cc1ccc(-c2cc(/C(C#N)=C/c3c(Cl)cccc3Cl)[nH]n2)cc1. The number of H-pyrrole nitrogens is 1. The van der Waals surface area contributed by atoms with Gasteiger partial charge in [-0.3, -0.25) is 5.10 Å². The minimum absolute atomic E-state index is 0.413. The summed E-state index contributed by atoms with van der Waals surface area (Å²) in [4.78, 5) is 0. The third-order valence-electron chi connectivity index (χ3n) is 3.62. The molecule has 0 aliphatic carbocycles. The molecule has 0 aliphatic heterocycles. The predicted octanol–water partition coefficient (Wildman–Crippen LogP) is 5.76. The van der Waals surface area contributed by atoms with E-state index in [9.17, 15) is 5.26 Å². The molecule has 118 valence electrons. The zero-order chi connectivity index (χ0) is 17.1. The summed E-state index contributed by atoms with van der Waals surface area (Å²) in [5.41, 5.74) is 4.58. The number of allylic oxidation sites excluding steroid dienone is 1. The van der Waals surface area contributed by atoms with Crippen molar-refractivity contribution in [2.24, 2.45) is 0 Å². The monoisotopic (exact) mass is 353 g/mol. The van der Waals surface area contributed by atoms with E-state index in [1.165, 1.54) is 5.56 Å². The van der Waals surface area contributed by atoms with Crippen molar-refractivity contribution in [1.82, 2.24) is 10.2 Å². The molecule has 0 bridgehead atoms. The molecule has 0 saturated carbocycles. The summed E-state index contributed by atoms with van der Waals surface area (Å²) in [5.74, 6) is 0. The largest absolute Gasteiger partial charge is 0.276 e. The molecule has 24 heavy (non-hydrogen) atoms. The first-order chi connectivity index (χ1) is 11.6. The fourth-order valence-electron chi connectivity index (χ4n) is 2.30. The van der Waals surface area contributed by atoms with Crippen LogP contribution in [0.2, 0.25) is 10.0 Å².